The zero-order valence-electron chi connectivity index (χ0n) is 16.9. The molecule has 2 heterocycles. The quantitative estimate of drug-likeness (QED) is 0.770. The van der Waals surface area contributed by atoms with E-state index in [1.54, 1.807) is 7.11 Å². The molecule has 1 aromatic rings. The number of methoxy groups -OCH3 is 1. The molecule has 0 aromatic heterocycles. The van der Waals surface area contributed by atoms with Crippen LogP contribution in [0.2, 0.25) is 0 Å². The van der Waals surface area contributed by atoms with Gasteiger partial charge in [-0.25, -0.2) is 0 Å². The van der Waals surface area contributed by atoms with E-state index in [1.807, 2.05) is 29.2 Å². The van der Waals surface area contributed by atoms with Crippen molar-refractivity contribution >= 4 is 17.5 Å². The summed E-state index contributed by atoms with van der Waals surface area (Å²) in [5.74, 6) is 0.930. The number of carbonyl (C=O) groups excluding carboxylic acids is 2. The molecule has 7 heteroatoms. The number of ether oxygens (including phenoxy) is 1. The van der Waals surface area contributed by atoms with E-state index in [2.05, 4.69) is 15.1 Å². The zero-order valence-corrected chi connectivity index (χ0v) is 16.9. The lowest BCUT2D eigenvalue weighted by Crippen LogP contribution is -2.51. The fourth-order valence-electron chi connectivity index (χ4n) is 3.83. The maximum absolute atomic E-state index is 12.4. The number of piperidine rings is 1. The van der Waals surface area contributed by atoms with Crippen LogP contribution in [0.1, 0.15) is 25.7 Å². The standard InChI is InChI=1S/C21H32N4O3/c1-28-19-8-4-3-7-18(19)22-20(26)9-12-23-13-15-24(16-14-23)17-21(27)25-10-5-2-6-11-25/h3-4,7-8H,2,5-6,9-17H2,1H3,(H,22,26). The van der Waals surface area contributed by atoms with Crippen LogP contribution in [0.4, 0.5) is 5.69 Å². The average molecular weight is 389 g/mol. The number of piperazine rings is 1. The van der Waals surface area contributed by atoms with Gasteiger partial charge in [-0.2, -0.15) is 0 Å². The molecule has 0 spiro atoms. The number of likely N-dealkylation sites (tertiary alicyclic amines) is 1. The molecule has 1 N–H and O–H groups in total. The first-order valence-corrected chi connectivity index (χ1v) is 10.3. The van der Waals surface area contributed by atoms with Gasteiger partial charge >= 0.3 is 0 Å². The molecule has 28 heavy (non-hydrogen) atoms. The molecule has 0 unspecified atom stereocenters. The van der Waals surface area contributed by atoms with E-state index >= 15 is 0 Å². The predicted molar refractivity (Wildman–Crippen MR) is 110 cm³/mol. The van der Waals surface area contributed by atoms with Gasteiger partial charge in [-0.15, -0.1) is 0 Å². The molecule has 0 atom stereocenters. The molecular formula is C21H32N4O3. The van der Waals surface area contributed by atoms with Gasteiger partial charge in [0, 0.05) is 52.2 Å². The fourth-order valence-corrected chi connectivity index (χ4v) is 3.83. The number of benzene rings is 1. The van der Waals surface area contributed by atoms with Crippen molar-refractivity contribution < 1.29 is 14.3 Å². The molecule has 3 rings (SSSR count). The Morgan fingerprint density at radius 3 is 2.36 bits per heavy atom. The van der Waals surface area contributed by atoms with Crippen molar-refractivity contribution in [1.82, 2.24) is 14.7 Å². The highest BCUT2D eigenvalue weighted by Crippen LogP contribution is 2.23. The summed E-state index contributed by atoms with van der Waals surface area (Å²) in [4.78, 5) is 31.2. The number of rotatable bonds is 7. The topological polar surface area (TPSA) is 65.1 Å². The van der Waals surface area contributed by atoms with E-state index in [0.29, 0.717) is 24.4 Å². The summed E-state index contributed by atoms with van der Waals surface area (Å²) < 4.78 is 5.27. The third-order valence-corrected chi connectivity index (χ3v) is 5.57. The summed E-state index contributed by atoms with van der Waals surface area (Å²) in [5.41, 5.74) is 0.705. The summed E-state index contributed by atoms with van der Waals surface area (Å²) in [6.07, 6.45) is 3.96. The van der Waals surface area contributed by atoms with E-state index < -0.39 is 0 Å². The van der Waals surface area contributed by atoms with Crippen molar-refractivity contribution in [3.63, 3.8) is 0 Å². The predicted octanol–water partition coefficient (Wildman–Crippen LogP) is 1.65. The molecule has 7 nitrogen and oxygen atoms in total. The van der Waals surface area contributed by atoms with E-state index in [-0.39, 0.29) is 11.8 Å². The van der Waals surface area contributed by atoms with E-state index in [4.69, 9.17) is 4.74 Å². The lowest BCUT2D eigenvalue weighted by atomic mass is 10.1. The van der Waals surface area contributed by atoms with Crippen LogP contribution in [0, 0.1) is 0 Å². The summed E-state index contributed by atoms with van der Waals surface area (Å²) in [6, 6.07) is 7.43. The van der Waals surface area contributed by atoms with Crippen LogP contribution < -0.4 is 10.1 Å². The van der Waals surface area contributed by atoms with Gasteiger partial charge in [-0.05, 0) is 31.4 Å². The van der Waals surface area contributed by atoms with Crippen molar-refractivity contribution in [1.29, 1.82) is 0 Å². The second-order valence-electron chi connectivity index (χ2n) is 7.56. The van der Waals surface area contributed by atoms with Crippen molar-refractivity contribution in [2.45, 2.75) is 25.7 Å². The summed E-state index contributed by atoms with van der Waals surface area (Å²) in [6.45, 7) is 6.66. The molecular weight excluding hydrogens is 356 g/mol. The third-order valence-electron chi connectivity index (χ3n) is 5.57. The second kappa shape index (κ2) is 10.4. The highest BCUT2D eigenvalue weighted by atomic mass is 16.5. The highest BCUT2D eigenvalue weighted by molar-refractivity contribution is 5.92. The monoisotopic (exact) mass is 388 g/mol. The minimum atomic E-state index is -0.00722. The Morgan fingerprint density at radius 1 is 0.964 bits per heavy atom. The number of carbonyl (C=O) groups is 2. The lowest BCUT2D eigenvalue weighted by molar-refractivity contribution is -0.133. The van der Waals surface area contributed by atoms with Crippen LogP contribution in [0.3, 0.4) is 0 Å². The first-order chi connectivity index (χ1) is 13.7. The Bertz CT molecular complexity index is 653. The maximum Gasteiger partial charge on any atom is 0.236 e. The SMILES string of the molecule is COc1ccccc1NC(=O)CCN1CCN(CC(=O)N2CCCCC2)CC1. The summed E-state index contributed by atoms with van der Waals surface area (Å²) in [5, 5.41) is 2.92. The van der Waals surface area contributed by atoms with Crippen LogP contribution in [-0.4, -0.2) is 86.0 Å². The molecule has 2 aliphatic heterocycles. The van der Waals surface area contributed by atoms with Gasteiger partial charge in [0.25, 0.3) is 0 Å². The van der Waals surface area contributed by atoms with Crippen LogP contribution in [0.5, 0.6) is 5.75 Å². The van der Waals surface area contributed by atoms with Crippen LogP contribution in [-0.2, 0) is 9.59 Å². The Balaban J connectivity index is 1.35. The Kier molecular flexibility index (Phi) is 7.68. The zero-order chi connectivity index (χ0) is 19.8. The van der Waals surface area contributed by atoms with Crippen molar-refractivity contribution in [2.24, 2.45) is 0 Å². The number of hydrogen-bond donors (Lipinski definition) is 1. The molecule has 0 radical (unpaired) electrons. The normalized spacial score (nSPS) is 18.7. The molecule has 154 valence electrons. The minimum absolute atomic E-state index is 0.00722. The summed E-state index contributed by atoms with van der Waals surface area (Å²) >= 11 is 0. The Labute approximate surface area is 167 Å². The van der Waals surface area contributed by atoms with Gasteiger partial charge < -0.3 is 19.9 Å². The number of nitrogens with one attached hydrogen (secondary N) is 1. The summed E-state index contributed by atoms with van der Waals surface area (Å²) in [7, 11) is 1.60. The Morgan fingerprint density at radius 2 is 1.64 bits per heavy atom. The fraction of sp³-hybridized carbons (Fsp3) is 0.619. The largest absolute Gasteiger partial charge is 0.495 e. The molecule has 2 aliphatic rings. The van der Waals surface area contributed by atoms with Gasteiger partial charge in [-0.3, -0.25) is 14.5 Å². The Hall–Kier alpha value is -2.12. The van der Waals surface area contributed by atoms with Crippen molar-refractivity contribution in [3.05, 3.63) is 24.3 Å². The number of hydrogen-bond acceptors (Lipinski definition) is 5. The van der Waals surface area contributed by atoms with Crippen LogP contribution in [0.25, 0.3) is 0 Å². The number of anilines is 1. The average Bonchev–Trinajstić information content (AvgIpc) is 2.74. The minimum Gasteiger partial charge on any atom is -0.495 e. The van der Waals surface area contributed by atoms with E-state index in [0.717, 1.165) is 58.7 Å². The smallest absolute Gasteiger partial charge is 0.236 e. The van der Waals surface area contributed by atoms with Crippen LogP contribution in [0.15, 0.2) is 24.3 Å². The van der Waals surface area contributed by atoms with Crippen LogP contribution >= 0.6 is 0 Å². The first-order valence-electron chi connectivity index (χ1n) is 10.3. The van der Waals surface area contributed by atoms with Gasteiger partial charge in [0.05, 0.1) is 19.3 Å². The number of nitrogens with zero attached hydrogens (tertiary/aromatic N) is 3. The number of amides is 2. The molecule has 0 bridgehead atoms. The van der Waals surface area contributed by atoms with Gasteiger partial charge in [-0.1, -0.05) is 12.1 Å². The van der Waals surface area contributed by atoms with Gasteiger partial charge in [0.15, 0.2) is 0 Å². The first kappa shape index (κ1) is 20.6. The third kappa shape index (κ3) is 5.94. The van der Waals surface area contributed by atoms with E-state index in [1.165, 1.54) is 6.42 Å². The van der Waals surface area contributed by atoms with Crippen molar-refractivity contribution in [3.8, 4) is 5.75 Å². The lowest BCUT2D eigenvalue weighted by Gasteiger charge is -2.36. The molecule has 1 aromatic carbocycles. The maximum atomic E-state index is 12.4. The van der Waals surface area contributed by atoms with E-state index in [9.17, 15) is 9.59 Å². The molecule has 0 aliphatic carbocycles. The van der Waals surface area contributed by atoms with Gasteiger partial charge in [0.1, 0.15) is 5.75 Å². The highest BCUT2D eigenvalue weighted by Gasteiger charge is 2.23. The molecule has 2 fully saturated rings. The van der Waals surface area contributed by atoms with Gasteiger partial charge in [0.2, 0.25) is 11.8 Å². The molecule has 0 saturated carbocycles. The number of para-hydroxylation sites is 2. The molecule has 2 saturated heterocycles. The second-order valence-corrected chi connectivity index (χ2v) is 7.56. The van der Waals surface area contributed by atoms with Crippen molar-refractivity contribution in [2.75, 3.05) is 64.8 Å². The molecule has 2 amide bonds.